The van der Waals surface area contributed by atoms with E-state index in [0.29, 0.717) is 11.8 Å². The Hall–Kier alpha value is -2.09. The molecule has 1 saturated heterocycles. The molecule has 0 spiro atoms. The number of thioether (sulfide) groups is 1. The van der Waals surface area contributed by atoms with Crippen LogP contribution < -0.4 is 14.4 Å². The summed E-state index contributed by atoms with van der Waals surface area (Å²) in [5.41, 5.74) is 0.978. The molecule has 0 saturated carbocycles. The van der Waals surface area contributed by atoms with Crippen molar-refractivity contribution >= 4 is 17.6 Å². The molecule has 0 amide bonds. The lowest BCUT2D eigenvalue weighted by Gasteiger charge is -2.33. The normalized spacial score (nSPS) is 17.6. The zero-order valence-electron chi connectivity index (χ0n) is 14.1. The van der Waals surface area contributed by atoms with Crippen molar-refractivity contribution in [1.29, 1.82) is 0 Å². The molecule has 1 unspecified atom stereocenters. The predicted molar refractivity (Wildman–Crippen MR) is 93.0 cm³/mol. The number of hydrogen-bond donors (Lipinski definition) is 0. The fraction of sp³-hybridized carbons (Fsp3) is 0.500. The number of anilines is 1. The first-order valence-electron chi connectivity index (χ1n) is 7.85. The summed E-state index contributed by atoms with van der Waals surface area (Å²) in [7, 11) is 1.59. The first kappa shape index (κ1) is 16.8. The maximum atomic E-state index is 5.93. The molecule has 1 atom stereocenters. The fourth-order valence-corrected chi connectivity index (χ4v) is 3.06. The summed E-state index contributed by atoms with van der Waals surface area (Å²) in [6.07, 6.45) is 7.27. The molecule has 0 aliphatic carbocycles. The lowest BCUT2D eigenvalue weighted by molar-refractivity contribution is 0.163. The molecule has 128 valence electrons. The second-order valence-corrected chi connectivity index (χ2v) is 6.36. The molecular formula is C16H21N5O2S. The Morgan fingerprint density at radius 1 is 1.25 bits per heavy atom. The zero-order valence-corrected chi connectivity index (χ0v) is 14.9. The van der Waals surface area contributed by atoms with E-state index in [1.165, 1.54) is 0 Å². The van der Waals surface area contributed by atoms with Gasteiger partial charge < -0.3 is 14.4 Å². The Morgan fingerprint density at radius 3 is 2.75 bits per heavy atom. The summed E-state index contributed by atoms with van der Waals surface area (Å²) in [5, 5.41) is 0.798. The van der Waals surface area contributed by atoms with Gasteiger partial charge in [-0.1, -0.05) is 11.8 Å². The molecule has 1 fully saturated rings. The number of ether oxygens (including phenoxy) is 2. The van der Waals surface area contributed by atoms with Crippen LogP contribution in [0.15, 0.2) is 23.6 Å². The summed E-state index contributed by atoms with van der Waals surface area (Å²) < 4.78 is 11.0. The molecular weight excluding hydrogens is 326 g/mol. The van der Waals surface area contributed by atoms with Gasteiger partial charge in [-0.15, -0.1) is 0 Å². The van der Waals surface area contributed by atoms with Crippen LogP contribution in [0.5, 0.6) is 11.8 Å². The summed E-state index contributed by atoms with van der Waals surface area (Å²) >= 11 is 1.56. The van der Waals surface area contributed by atoms with E-state index >= 15 is 0 Å². The Bertz CT molecular complexity index is 683. The third kappa shape index (κ3) is 4.05. The fourth-order valence-electron chi connectivity index (χ4n) is 2.64. The van der Waals surface area contributed by atoms with Crippen molar-refractivity contribution in [2.24, 2.45) is 0 Å². The van der Waals surface area contributed by atoms with Crippen molar-refractivity contribution in [3.63, 3.8) is 0 Å². The third-order valence-corrected chi connectivity index (χ3v) is 4.36. The van der Waals surface area contributed by atoms with Gasteiger partial charge in [-0.25, -0.2) is 9.97 Å². The molecule has 24 heavy (non-hydrogen) atoms. The molecule has 3 rings (SSSR count). The maximum Gasteiger partial charge on any atom is 0.316 e. The van der Waals surface area contributed by atoms with E-state index in [-0.39, 0.29) is 6.10 Å². The van der Waals surface area contributed by atoms with Gasteiger partial charge in [-0.3, -0.25) is 0 Å². The van der Waals surface area contributed by atoms with Crippen molar-refractivity contribution in [3.8, 4) is 11.8 Å². The number of rotatable bonds is 5. The van der Waals surface area contributed by atoms with Gasteiger partial charge in [-0.05, 0) is 26.0 Å². The van der Waals surface area contributed by atoms with Crippen LogP contribution in [0.1, 0.15) is 18.5 Å². The van der Waals surface area contributed by atoms with Crippen LogP contribution in [0.25, 0.3) is 0 Å². The molecule has 0 aromatic carbocycles. The minimum atomic E-state index is 0.0418. The van der Waals surface area contributed by atoms with Gasteiger partial charge in [0.05, 0.1) is 26.0 Å². The molecule has 2 aromatic heterocycles. The van der Waals surface area contributed by atoms with Crippen LogP contribution in [-0.4, -0.2) is 52.5 Å². The molecule has 2 aromatic rings. The molecule has 7 nitrogen and oxygen atoms in total. The van der Waals surface area contributed by atoms with Crippen molar-refractivity contribution < 1.29 is 9.47 Å². The Labute approximate surface area is 145 Å². The van der Waals surface area contributed by atoms with Crippen LogP contribution in [0.3, 0.4) is 0 Å². The van der Waals surface area contributed by atoms with Gasteiger partial charge >= 0.3 is 6.01 Å². The van der Waals surface area contributed by atoms with Crippen LogP contribution in [-0.2, 0) is 0 Å². The van der Waals surface area contributed by atoms with Crippen molar-refractivity contribution in [2.75, 3.05) is 31.4 Å². The second kappa shape index (κ2) is 7.65. The number of methoxy groups -OCH3 is 1. The van der Waals surface area contributed by atoms with Gasteiger partial charge in [0.1, 0.15) is 11.9 Å². The Balaban J connectivity index is 1.68. The first-order chi connectivity index (χ1) is 11.7. The number of aromatic nitrogens is 4. The van der Waals surface area contributed by atoms with E-state index in [1.54, 1.807) is 31.3 Å². The quantitative estimate of drug-likeness (QED) is 0.603. The van der Waals surface area contributed by atoms with E-state index < -0.39 is 0 Å². The molecule has 0 radical (unpaired) electrons. The molecule has 1 aliphatic heterocycles. The van der Waals surface area contributed by atoms with E-state index in [1.807, 2.05) is 19.2 Å². The summed E-state index contributed by atoms with van der Waals surface area (Å²) in [6.45, 7) is 3.72. The van der Waals surface area contributed by atoms with Gasteiger partial charge in [-0.2, -0.15) is 9.97 Å². The topological polar surface area (TPSA) is 73.3 Å². The highest BCUT2D eigenvalue weighted by molar-refractivity contribution is 7.98. The van der Waals surface area contributed by atoms with E-state index in [4.69, 9.17) is 9.47 Å². The zero-order chi connectivity index (χ0) is 16.9. The Kier molecular flexibility index (Phi) is 5.34. The number of piperidine rings is 1. The molecule has 8 heteroatoms. The molecule has 0 bridgehead atoms. The molecule has 0 N–H and O–H groups in total. The van der Waals surface area contributed by atoms with Crippen LogP contribution >= 0.6 is 11.8 Å². The van der Waals surface area contributed by atoms with Gasteiger partial charge in [0.15, 0.2) is 10.9 Å². The minimum Gasteiger partial charge on any atom is -0.494 e. The predicted octanol–water partition coefficient (Wildman–Crippen LogP) is 2.35. The summed E-state index contributed by atoms with van der Waals surface area (Å²) in [5.74, 6) is 1.57. The highest BCUT2D eigenvalue weighted by atomic mass is 32.2. The largest absolute Gasteiger partial charge is 0.494 e. The van der Waals surface area contributed by atoms with Gasteiger partial charge in [0.25, 0.3) is 0 Å². The first-order valence-corrected chi connectivity index (χ1v) is 9.07. The van der Waals surface area contributed by atoms with Crippen molar-refractivity contribution in [2.45, 2.75) is 31.0 Å². The van der Waals surface area contributed by atoms with Crippen molar-refractivity contribution in [1.82, 2.24) is 19.9 Å². The van der Waals surface area contributed by atoms with Crippen LogP contribution in [0.4, 0.5) is 5.82 Å². The lowest BCUT2D eigenvalue weighted by atomic mass is 10.1. The highest BCUT2D eigenvalue weighted by Gasteiger charge is 2.23. The standard InChI is InChI=1S/C16H21N5O2S/c1-11-7-14(20-16(19-11)24-3)21-6-4-5-12(10-21)23-15-17-8-13(22-2)9-18-15/h7-9,12H,4-6,10H2,1-3H3. The monoisotopic (exact) mass is 347 g/mol. The Morgan fingerprint density at radius 2 is 2.04 bits per heavy atom. The van der Waals surface area contributed by atoms with E-state index in [9.17, 15) is 0 Å². The number of nitrogens with zero attached hydrogens (tertiary/aromatic N) is 5. The highest BCUT2D eigenvalue weighted by Crippen LogP contribution is 2.23. The SMILES string of the molecule is COc1cnc(OC2CCCN(c3cc(C)nc(SC)n3)C2)nc1. The molecule has 3 heterocycles. The van der Waals surface area contributed by atoms with Crippen molar-refractivity contribution in [3.05, 3.63) is 24.2 Å². The number of hydrogen-bond acceptors (Lipinski definition) is 8. The average molecular weight is 347 g/mol. The number of aryl methyl sites for hydroxylation is 1. The van der Waals surface area contributed by atoms with E-state index in [2.05, 4.69) is 24.8 Å². The average Bonchev–Trinajstić information content (AvgIpc) is 2.62. The lowest BCUT2D eigenvalue weighted by Crippen LogP contribution is -2.42. The van der Waals surface area contributed by atoms with Gasteiger partial charge in [0.2, 0.25) is 0 Å². The summed E-state index contributed by atoms with van der Waals surface area (Å²) in [6, 6.07) is 2.40. The van der Waals surface area contributed by atoms with Crippen LogP contribution in [0.2, 0.25) is 0 Å². The minimum absolute atomic E-state index is 0.0418. The van der Waals surface area contributed by atoms with Crippen LogP contribution in [0, 0.1) is 6.92 Å². The molecule has 1 aliphatic rings. The summed E-state index contributed by atoms with van der Waals surface area (Å²) in [4.78, 5) is 19.6. The van der Waals surface area contributed by atoms with Gasteiger partial charge in [0, 0.05) is 18.3 Å². The van der Waals surface area contributed by atoms with E-state index in [0.717, 1.165) is 42.6 Å². The third-order valence-electron chi connectivity index (χ3n) is 3.82. The smallest absolute Gasteiger partial charge is 0.316 e. The second-order valence-electron chi connectivity index (χ2n) is 5.59. The maximum absolute atomic E-state index is 5.93.